The van der Waals surface area contributed by atoms with Crippen molar-refractivity contribution in [2.24, 2.45) is 5.92 Å². The highest BCUT2D eigenvalue weighted by Gasteiger charge is 2.25. The summed E-state index contributed by atoms with van der Waals surface area (Å²) >= 11 is 0. The lowest BCUT2D eigenvalue weighted by atomic mass is 10.5. The van der Waals surface area contributed by atoms with Crippen LogP contribution in [0.2, 0.25) is 0 Å². The normalized spacial score (nSPS) is 16.2. The molecule has 0 aromatic carbocycles. The summed E-state index contributed by atoms with van der Waals surface area (Å²) in [4.78, 5) is 0. The van der Waals surface area contributed by atoms with Crippen LogP contribution >= 0.6 is 0 Å². The predicted molar refractivity (Wildman–Crippen MR) is 68.0 cm³/mol. The van der Waals surface area contributed by atoms with Crippen molar-refractivity contribution in [1.82, 2.24) is 4.31 Å². The maximum absolute atomic E-state index is 12.1. The van der Waals surface area contributed by atoms with Crippen molar-refractivity contribution in [2.45, 2.75) is 24.5 Å². The van der Waals surface area contributed by atoms with E-state index in [9.17, 15) is 8.42 Å². The van der Waals surface area contributed by atoms with Gasteiger partial charge in [0.1, 0.15) is 12.4 Å². The molecule has 0 amide bonds. The first-order chi connectivity index (χ1) is 9.04. The van der Waals surface area contributed by atoms with Gasteiger partial charge >= 0.3 is 0 Å². The van der Waals surface area contributed by atoms with E-state index in [1.54, 1.807) is 0 Å². The molecule has 0 aliphatic heterocycles. The van der Waals surface area contributed by atoms with Gasteiger partial charge in [0, 0.05) is 20.2 Å². The number of aliphatic hydroxyl groups excluding tert-OH is 1. The molecule has 0 spiro atoms. The van der Waals surface area contributed by atoms with Crippen LogP contribution in [0.25, 0.3) is 0 Å². The number of rotatable bonds is 8. The minimum absolute atomic E-state index is 0.152. The molecular formula is C12H19NO5S. The molecule has 7 heteroatoms. The SMILES string of the molecule is CN(CCOCC1CC1)S(=O)(=O)c1ccc(CO)o1. The van der Waals surface area contributed by atoms with Crippen LogP contribution in [0.4, 0.5) is 0 Å². The number of aliphatic hydroxyl groups is 1. The third-order valence-electron chi connectivity index (χ3n) is 3.06. The van der Waals surface area contributed by atoms with Crippen molar-refractivity contribution >= 4 is 10.0 Å². The molecule has 1 fully saturated rings. The number of furan rings is 1. The number of nitrogens with zero attached hydrogens (tertiary/aromatic N) is 1. The summed E-state index contributed by atoms with van der Waals surface area (Å²) in [7, 11) is -2.15. The second-order valence-corrected chi connectivity index (χ2v) is 6.70. The number of sulfonamides is 1. The van der Waals surface area contributed by atoms with Gasteiger partial charge in [-0.1, -0.05) is 0 Å². The van der Waals surface area contributed by atoms with Crippen LogP contribution in [-0.4, -0.2) is 44.6 Å². The standard InChI is InChI=1S/C12H19NO5S/c1-13(6-7-17-9-10-2-3-10)19(15,16)12-5-4-11(8-14)18-12/h4-5,10,14H,2-3,6-9H2,1H3. The molecule has 0 atom stereocenters. The van der Waals surface area contributed by atoms with Crippen molar-refractivity contribution in [3.63, 3.8) is 0 Å². The van der Waals surface area contributed by atoms with E-state index in [4.69, 9.17) is 14.3 Å². The van der Waals surface area contributed by atoms with Crippen LogP contribution < -0.4 is 0 Å². The highest BCUT2D eigenvalue weighted by Crippen LogP contribution is 2.28. The van der Waals surface area contributed by atoms with Gasteiger partial charge in [-0.2, -0.15) is 4.31 Å². The number of hydrogen-bond donors (Lipinski definition) is 1. The molecule has 1 aromatic heterocycles. The zero-order valence-electron chi connectivity index (χ0n) is 10.9. The summed E-state index contributed by atoms with van der Waals surface area (Å²) in [6.45, 7) is 1.05. The van der Waals surface area contributed by atoms with E-state index in [0.29, 0.717) is 19.1 Å². The summed E-state index contributed by atoms with van der Waals surface area (Å²) in [6, 6.07) is 2.80. The smallest absolute Gasteiger partial charge is 0.276 e. The lowest BCUT2D eigenvalue weighted by molar-refractivity contribution is 0.117. The minimum Gasteiger partial charge on any atom is -0.446 e. The van der Waals surface area contributed by atoms with Gasteiger partial charge in [-0.15, -0.1) is 0 Å². The molecule has 6 nitrogen and oxygen atoms in total. The fraction of sp³-hybridized carbons (Fsp3) is 0.667. The summed E-state index contributed by atoms with van der Waals surface area (Å²) in [5, 5.41) is 8.71. The Kier molecular flexibility index (Phi) is 4.62. The Balaban J connectivity index is 1.86. The van der Waals surface area contributed by atoms with Gasteiger partial charge in [-0.25, -0.2) is 8.42 Å². The monoisotopic (exact) mass is 289 g/mol. The van der Waals surface area contributed by atoms with Crippen molar-refractivity contribution in [3.05, 3.63) is 17.9 Å². The molecule has 1 heterocycles. The summed E-state index contributed by atoms with van der Waals surface area (Å²) in [5.41, 5.74) is 0. The first kappa shape index (κ1) is 14.5. The third-order valence-corrected chi connectivity index (χ3v) is 4.79. The molecular weight excluding hydrogens is 270 g/mol. The molecule has 0 radical (unpaired) electrons. The van der Waals surface area contributed by atoms with E-state index in [1.165, 1.54) is 36.3 Å². The van der Waals surface area contributed by atoms with Crippen LogP contribution in [0.5, 0.6) is 0 Å². The average Bonchev–Trinajstić information content (AvgIpc) is 3.07. The van der Waals surface area contributed by atoms with Gasteiger partial charge in [-0.05, 0) is 30.9 Å². The van der Waals surface area contributed by atoms with Gasteiger partial charge in [0.15, 0.2) is 0 Å². The molecule has 108 valence electrons. The Morgan fingerprint density at radius 2 is 2.21 bits per heavy atom. The molecule has 0 bridgehead atoms. The predicted octanol–water partition coefficient (Wildman–Crippen LogP) is 0.819. The van der Waals surface area contributed by atoms with Crippen LogP contribution in [0.1, 0.15) is 18.6 Å². The van der Waals surface area contributed by atoms with Gasteiger partial charge in [0.2, 0.25) is 5.09 Å². The lowest BCUT2D eigenvalue weighted by Crippen LogP contribution is -2.30. The Morgan fingerprint density at radius 3 is 2.79 bits per heavy atom. The summed E-state index contributed by atoms with van der Waals surface area (Å²) in [5.74, 6) is 0.899. The lowest BCUT2D eigenvalue weighted by Gasteiger charge is -2.15. The van der Waals surface area contributed by atoms with Crippen LogP contribution in [0, 0.1) is 5.92 Å². The third kappa shape index (κ3) is 3.79. The topological polar surface area (TPSA) is 80.0 Å². The fourth-order valence-corrected chi connectivity index (χ4v) is 2.66. The maximum atomic E-state index is 12.1. The van der Waals surface area contributed by atoms with Crippen molar-refractivity contribution in [3.8, 4) is 0 Å². The van der Waals surface area contributed by atoms with E-state index in [-0.39, 0.29) is 24.0 Å². The zero-order valence-corrected chi connectivity index (χ0v) is 11.7. The molecule has 0 saturated heterocycles. The Bertz CT molecular complexity index is 506. The maximum Gasteiger partial charge on any atom is 0.276 e. The van der Waals surface area contributed by atoms with E-state index in [0.717, 1.165) is 0 Å². The summed E-state index contributed by atoms with van der Waals surface area (Å²) in [6.07, 6.45) is 2.43. The largest absolute Gasteiger partial charge is 0.446 e. The van der Waals surface area contributed by atoms with E-state index >= 15 is 0 Å². The molecule has 1 saturated carbocycles. The Labute approximate surface area is 113 Å². The highest BCUT2D eigenvalue weighted by molar-refractivity contribution is 7.89. The number of likely N-dealkylation sites (N-methyl/N-ethyl adjacent to an activating group) is 1. The van der Waals surface area contributed by atoms with Crippen LogP contribution in [0.3, 0.4) is 0 Å². The van der Waals surface area contributed by atoms with Gasteiger partial charge < -0.3 is 14.3 Å². The number of ether oxygens (including phenoxy) is 1. The molecule has 1 aliphatic rings. The zero-order chi connectivity index (χ0) is 13.9. The molecule has 2 rings (SSSR count). The van der Waals surface area contributed by atoms with Gasteiger partial charge in [0.05, 0.1) is 6.61 Å². The van der Waals surface area contributed by atoms with E-state index in [2.05, 4.69) is 0 Å². The van der Waals surface area contributed by atoms with Crippen LogP contribution in [-0.2, 0) is 21.4 Å². The van der Waals surface area contributed by atoms with Gasteiger partial charge in [0.25, 0.3) is 10.0 Å². The fourth-order valence-electron chi connectivity index (χ4n) is 1.58. The molecule has 1 aliphatic carbocycles. The molecule has 1 N–H and O–H groups in total. The molecule has 19 heavy (non-hydrogen) atoms. The first-order valence-electron chi connectivity index (χ1n) is 6.27. The van der Waals surface area contributed by atoms with Crippen molar-refractivity contribution < 1.29 is 22.7 Å². The average molecular weight is 289 g/mol. The van der Waals surface area contributed by atoms with Crippen LogP contribution in [0.15, 0.2) is 21.6 Å². The van der Waals surface area contributed by atoms with E-state index < -0.39 is 10.0 Å². The number of hydrogen-bond acceptors (Lipinski definition) is 5. The Morgan fingerprint density at radius 1 is 1.47 bits per heavy atom. The van der Waals surface area contributed by atoms with Crippen molar-refractivity contribution in [2.75, 3.05) is 26.8 Å². The summed E-state index contributed by atoms with van der Waals surface area (Å²) < 4.78 is 35.8. The Hall–Kier alpha value is -0.890. The van der Waals surface area contributed by atoms with E-state index in [1.807, 2.05) is 0 Å². The second-order valence-electron chi connectivity index (χ2n) is 4.72. The second kappa shape index (κ2) is 6.04. The van der Waals surface area contributed by atoms with Gasteiger partial charge in [-0.3, -0.25) is 0 Å². The minimum atomic E-state index is -3.64. The molecule has 1 aromatic rings. The van der Waals surface area contributed by atoms with Crippen molar-refractivity contribution in [1.29, 1.82) is 0 Å². The quantitative estimate of drug-likeness (QED) is 0.717. The first-order valence-corrected chi connectivity index (χ1v) is 7.71. The molecule has 0 unspecified atom stereocenters. The highest BCUT2D eigenvalue weighted by atomic mass is 32.2.